The number of amides is 2. The van der Waals surface area contributed by atoms with E-state index in [1.165, 1.54) is 18.2 Å². The lowest BCUT2D eigenvalue weighted by atomic mass is 10.0. The molecule has 7 heteroatoms. The number of phenolic OH excluding ortho intramolecular Hbond substituents is 2. The first kappa shape index (κ1) is 18.1. The lowest BCUT2D eigenvalue weighted by Crippen LogP contribution is -2.46. The molecule has 2 aromatic rings. The number of nitrogens with one attached hydrogen (secondary N) is 1. The van der Waals surface area contributed by atoms with Gasteiger partial charge in [-0.05, 0) is 37.1 Å². The maximum Gasteiger partial charge on any atom is 0.254 e. The van der Waals surface area contributed by atoms with Crippen LogP contribution < -0.4 is 5.32 Å². The van der Waals surface area contributed by atoms with Gasteiger partial charge in [0.05, 0.1) is 5.56 Å². The van der Waals surface area contributed by atoms with Gasteiger partial charge in [-0.25, -0.2) is 0 Å². The Labute approximate surface area is 156 Å². The minimum absolute atomic E-state index is 0.0166. The third kappa shape index (κ3) is 4.11. The van der Waals surface area contributed by atoms with E-state index in [4.69, 9.17) is 0 Å². The summed E-state index contributed by atoms with van der Waals surface area (Å²) in [7, 11) is 0. The molecule has 1 heterocycles. The summed E-state index contributed by atoms with van der Waals surface area (Å²) in [4.78, 5) is 27.1. The van der Waals surface area contributed by atoms with Crippen molar-refractivity contribution in [1.82, 2.24) is 10.2 Å². The minimum Gasteiger partial charge on any atom is -0.508 e. The lowest BCUT2D eigenvalue weighted by molar-refractivity contribution is 0.0697. The van der Waals surface area contributed by atoms with Crippen LogP contribution in [0.2, 0.25) is 0 Å². The maximum absolute atomic E-state index is 12.5. The molecule has 1 aliphatic rings. The van der Waals surface area contributed by atoms with Gasteiger partial charge in [0, 0.05) is 35.7 Å². The van der Waals surface area contributed by atoms with E-state index in [-0.39, 0.29) is 34.9 Å². The number of thiol groups is 1. The molecule has 0 saturated carbocycles. The Morgan fingerprint density at radius 1 is 1.04 bits per heavy atom. The zero-order chi connectivity index (χ0) is 18.7. The molecule has 3 rings (SSSR count). The summed E-state index contributed by atoms with van der Waals surface area (Å²) in [6, 6.07) is 10.9. The fourth-order valence-corrected chi connectivity index (χ4v) is 3.32. The molecule has 136 valence electrons. The predicted molar refractivity (Wildman–Crippen MR) is 99.9 cm³/mol. The number of hydrogen-bond acceptors (Lipinski definition) is 5. The van der Waals surface area contributed by atoms with E-state index >= 15 is 0 Å². The molecule has 0 spiro atoms. The summed E-state index contributed by atoms with van der Waals surface area (Å²) < 4.78 is 0. The number of piperidine rings is 1. The highest BCUT2D eigenvalue weighted by Crippen LogP contribution is 2.23. The largest absolute Gasteiger partial charge is 0.508 e. The van der Waals surface area contributed by atoms with Gasteiger partial charge in [0.1, 0.15) is 11.5 Å². The van der Waals surface area contributed by atoms with Crippen molar-refractivity contribution in [1.29, 1.82) is 0 Å². The fraction of sp³-hybridized carbons (Fsp3) is 0.263. The monoisotopic (exact) mass is 372 g/mol. The van der Waals surface area contributed by atoms with E-state index in [0.717, 1.165) is 0 Å². The second-order valence-electron chi connectivity index (χ2n) is 6.30. The average Bonchev–Trinajstić information content (AvgIpc) is 2.61. The molecular weight excluding hydrogens is 352 g/mol. The molecular formula is C19H20N2O4S. The van der Waals surface area contributed by atoms with Crippen LogP contribution in [0.4, 0.5) is 0 Å². The number of nitrogens with zero attached hydrogens (tertiary/aromatic N) is 1. The number of benzene rings is 2. The Morgan fingerprint density at radius 3 is 2.27 bits per heavy atom. The van der Waals surface area contributed by atoms with Crippen LogP contribution in [0.5, 0.6) is 11.5 Å². The molecule has 3 N–H and O–H groups in total. The van der Waals surface area contributed by atoms with Gasteiger partial charge < -0.3 is 20.4 Å². The summed E-state index contributed by atoms with van der Waals surface area (Å²) in [5.41, 5.74) is 0.776. The Hall–Kier alpha value is -2.67. The van der Waals surface area contributed by atoms with Crippen LogP contribution in [-0.2, 0) is 0 Å². The van der Waals surface area contributed by atoms with Gasteiger partial charge in [-0.15, -0.1) is 12.6 Å². The second kappa shape index (κ2) is 7.70. The van der Waals surface area contributed by atoms with Gasteiger partial charge in [-0.3, -0.25) is 9.59 Å². The van der Waals surface area contributed by atoms with Crippen molar-refractivity contribution >= 4 is 24.4 Å². The number of carbonyl (C=O) groups is 2. The highest BCUT2D eigenvalue weighted by molar-refractivity contribution is 7.80. The number of phenols is 2. The van der Waals surface area contributed by atoms with Crippen molar-refractivity contribution in [3.05, 3.63) is 53.6 Å². The molecule has 6 nitrogen and oxygen atoms in total. The Kier molecular flexibility index (Phi) is 5.37. The molecule has 1 aliphatic heterocycles. The number of hydrogen-bond donors (Lipinski definition) is 4. The molecule has 1 saturated heterocycles. The maximum atomic E-state index is 12.5. The molecule has 2 aromatic carbocycles. The molecule has 0 atom stereocenters. The average molecular weight is 372 g/mol. The van der Waals surface area contributed by atoms with Crippen LogP contribution in [0.1, 0.15) is 33.6 Å². The standard InChI is InChI=1S/C19H20N2O4S/c22-14-9-12(10-15(23)11-14)19(25)21-7-5-13(6-8-21)20-18(24)16-3-1-2-4-17(16)26/h1-4,9-11,13,22-23,26H,5-8H2,(H,20,24). The smallest absolute Gasteiger partial charge is 0.254 e. The molecule has 0 unspecified atom stereocenters. The van der Waals surface area contributed by atoms with Crippen LogP contribution >= 0.6 is 12.6 Å². The van der Waals surface area contributed by atoms with Crippen LogP contribution in [-0.4, -0.2) is 46.1 Å². The number of rotatable bonds is 3. The number of carbonyl (C=O) groups excluding carboxylic acids is 2. The zero-order valence-electron chi connectivity index (χ0n) is 14.1. The lowest BCUT2D eigenvalue weighted by Gasteiger charge is -2.32. The molecule has 1 fully saturated rings. The summed E-state index contributed by atoms with van der Waals surface area (Å²) in [6.07, 6.45) is 1.27. The molecule has 0 aliphatic carbocycles. The van der Waals surface area contributed by atoms with Crippen LogP contribution in [0.15, 0.2) is 47.4 Å². The van der Waals surface area contributed by atoms with Crippen molar-refractivity contribution in [3.8, 4) is 11.5 Å². The van der Waals surface area contributed by atoms with Crippen molar-refractivity contribution in [2.24, 2.45) is 0 Å². The normalized spacial score (nSPS) is 14.9. The van der Waals surface area contributed by atoms with Gasteiger partial charge >= 0.3 is 0 Å². The van der Waals surface area contributed by atoms with E-state index in [2.05, 4.69) is 17.9 Å². The van der Waals surface area contributed by atoms with Crippen molar-refractivity contribution in [2.45, 2.75) is 23.8 Å². The van der Waals surface area contributed by atoms with Gasteiger partial charge in [-0.2, -0.15) is 0 Å². The predicted octanol–water partition coefficient (Wildman–Crippen LogP) is 2.42. The molecule has 0 radical (unpaired) electrons. The Bertz CT molecular complexity index is 812. The van der Waals surface area contributed by atoms with Crippen molar-refractivity contribution < 1.29 is 19.8 Å². The third-order valence-corrected chi connectivity index (χ3v) is 4.81. The van der Waals surface area contributed by atoms with Crippen LogP contribution in [0.25, 0.3) is 0 Å². The first-order valence-electron chi connectivity index (χ1n) is 8.35. The van der Waals surface area contributed by atoms with E-state index < -0.39 is 0 Å². The molecule has 26 heavy (non-hydrogen) atoms. The third-order valence-electron chi connectivity index (χ3n) is 4.42. The van der Waals surface area contributed by atoms with Crippen LogP contribution in [0, 0.1) is 0 Å². The second-order valence-corrected chi connectivity index (χ2v) is 6.78. The zero-order valence-corrected chi connectivity index (χ0v) is 14.9. The van der Waals surface area contributed by atoms with Crippen molar-refractivity contribution in [2.75, 3.05) is 13.1 Å². The topological polar surface area (TPSA) is 89.9 Å². The first-order valence-corrected chi connectivity index (χ1v) is 8.80. The Morgan fingerprint density at radius 2 is 1.65 bits per heavy atom. The summed E-state index contributed by atoms with van der Waals surface area (Å²) >= 11 is 4.30. The fourth-order valence-electron chi connectivity index (χ4n) is 3.06. The van der Waals surface area contributed by atoms with E-state index in [0.29, 0.717) is 36.4 Å². The van der Waals surface area contributed by atoms with Gasteiger partial charge in [0.2, 0.25) is 0 Å². The summed E-state index contributed by atoms with van der Waals surface area (Å²) in [5, 5.41) is 22.0. The first-order chi connectivity index (χ1) is 12.4. The highest BCUT2D eigenvalue weighted by atomic mass is 32.1. The highest BCUT2D eigenvalue weighted by Gasteiger charge is 2.25. The minimum atomic E-state index is -0.248. The van der Waals surface area contributed by atoms with Gasteiger partial charge in [0.15, 0.2) is 0 Å². The molecule has 0 bridgehead atoms. The number of likely N-dealkylation sites (tertiary alicyclic amines) is 1. The summed E-state index contributed by atoms with van der Waals surface area (Å²) in [5.74, 6) is -0.721. The SMILES string of the molecule is O=C(NC1CCN(C(=O)c2cc(O)cc(O)c2)CC1)c1ccccc1S. The summed E-state index contributed by atoms with van der Waals surface area (Å²) in [6.45, 7) is 0.978. The van der Waals surface area contributed by atoms with E-state index in [1.54, 1.807) is 23.1 Å². The number of aromatic hydroxyl groups is 2. The van der Waals surface area contributed by atoms with Crippen molar-refractivity contribution in [3.63, 3.8) is 0 Å². The molecule has 0 aromatic heterocycles. The Balaban J connectivity index is 1.58. The van der Waals surface area contributed by atoms with E-state index in [1.807, 2.05) is 6.07 Å². The van der Waals surface area contributed by atoms with Crippen LogP contribution in [0.3, 0.4) is 0 Å². The molecule has 2 amide bonds. The van der Waals surface area contributed by atoms with Gasteiger partial charge in [0.25, 0.3) is 11.8 Å². The quantitative estimate of drug-likeness (QED) is 0.623. The van der Waals surface area contributed by atoms with Gasteiger partial charge in [-0.1, -0.05) is 12.1 Å². The van der Waals surface area contributed by atoms with E-state index in [9.17, 15) is 19.8 Å².